The molecule has 1 amide bonds. The molecule has 0 unspecified atom stereocenters. The van der Waals surface area contributed by atoms with Crippen LogP contribution in [0.1, 0.15) is 43.2 Å². The molecular formula is C17H23ClN4O2. The summed E-state index contributed by atoms with van der Waals surface area (Å²) in [6, 6.07) is 7.16. The van der Waals surface area contributed by atoms with Crippen LogP contribution in [-0.4, -0.2) is 34.8 Å². The van der Waals surface area contributed by atoms with E-state index >= 15 is 0 Å². The number of piperidine rings is 1. The van der Waals surface area contributed by atoms with Crippen molar-refractivity contribution in [2.24, 2.45) is 0 Å². The Balaban J connectivity index is 0.00000208. The van der Waals surface area contributed by atoms with Crippen molar-refractivity contribution in [2.75, 3.05) is 13.1 Å². The highest BCUT2D eigenvalue weighted by Crippen LogP contribution is 2.15. The number of amides is 1. The quantitative estimate of drug-likeness (QED) is 0.886. The van der Waals surface area contributed by atoms with E-state index in [9.17, 15) is 9.59 Å². The minimum Gasteiger partial charge on any atom is -0.347 e. The van der Waals surface area contributed by atoms with Crippen molar-refractivity contribution in [1.29, 1.82) is 0 Å². The Morgan fingerprint density at radius 3 is 2.67 bits per heavy atom. The van der Waals surface area contributed by atoms with Crippen molar-refractivity contribution >= 4 is 29.1 Å². The number of carbonyl (C=O) groups excluding carboxylic acids is 1. The minimum absolute atomic E-state index is 0. The van der Waals surface area contributed by atoms with Gasteiger partial charge in [-0.05, 0) is 39.3 Å². The van der Waals surface area contributed by atoms with E-state index in [1.54, 1.807) is 18.2 Å². The number of rotatable bonds is 3. The third kappa shape index (κ3) is 3.60. The Kier molecular flexibility index (Phi) is 5.96. The van der Waals surface area contributed by atoms with Gasteiger partial charge < -0.3 is 10.6 Å². The highest BCUT2D eigenvalue weighted by atomic mass is 35.5. The average Bonchev–Trinajstić information content (AvgIpc) is 2.56. The van der Waals surface area contributed by atoms with E-state index in [2.05, 4.69) is 15.7 Å². The van der Waals surface area contributed by atoms with E-state index in [1.165, 1.54) is 4.68 Å². The van der Waals surface area contributed by atoms with Crippen LogP contribution in [-0.2, 0) is 0 Å². The first-order valence-electron chi connectivity index (χ1n) is 8.11. The summed E-state index contributed by atoms with van der Waals surface area (Å²) in [4.78, 5) is 25.2. The molecule has 1 saturated heterocycles. The molecule has 0 spiro atoms. The number of hydrogen-bond acceptors (Lipinski definition) is 4. The SMILES string of the molecule is CC(C)n1nc(C(=O)N[C@H]2CCCNC2)c2ccccc2c1=O.Cl. The molecule has 1 aromatic heterocycles. The lowest BCUT2D eigenvalue weighted by molar-refractivity contribution is 0.0925. The van der Waals surface area contributed by atoms with Gasteiger partial charge in [0.2, 0.25) is 0 Å². The van der Waals surface area contributed by atoms with E-state index in [-0.39, 0.29) is 36.0 Å². The van der Waals surface area contributed by atoms with E-state index in [4.69, 9.17) is 0 Å². The standard InChI is InChI=1S/C17H22N4O2.ClH/c1-11(2)21-17(23)14-8-4-3-7-13(14)15(20-21)16(22)19-12-6-5-9-18-10-12;/h3-4,7-8,11-12,18H,5-6,9-10H2,1-2H3,(H,19,22);1H/t12-;/m0./s1. The van der Waals surface area contributed by atoms with Crippen molar-refractivity contribution in [3.05, 3.63) is 40.3 Å². The molecule has 1 aromatic carbocycles. The highest BCUT2D eigenvalue weighted by molar-refractivity contribution is 6.04. The second kappa shape index (κ2) is 7.77. The summed E-state index contributed by atoms with van der Waals surface area (Å²) in [5, 5.41) is 11.8. The van der Waals surface area contributed by atoms with Crippen LogP contribution in [0.2, 0.25) is 0 Å². The Morgan fingerprint density at radius 1 is 1.33 bits per heavy atom. The fourth-order valence-electron chi connectivity index (χ4n) is 2.95. The van der Waals surface area contributed by atoms with Gasteiger partial charge in [0.05, 0.1) is 11.4 Å². The minimum atomic E-state index is -0.218. The van der Waals surface area contributed by atoms with Crippen LogP contribution in [0.5, 0.6) is 0 Å². The summed E-state index contributed by atoms with van der Waals surface area (Å²) in [6.45, 7) is 5.53. The number of nitrogens with one attached hydrogen (secondary N) is 2. The molecule has 0 aliphatic carbocycles. The molecule has 6 nitrogen and oxygen atoms in total. The largest absolute Gasteiger partial charge is 0.347 e. The fraction of sp³-hybridized carbons (Fsp3) is 0.471. The van der Waals surface area contributed by atoms with Crippen LogP contribution in [0.15, 0.2) is 29.1 Å². The Bertz CT molecular complexity index is 782. The van der Waals surface area contributed by atoms with Gasteiger partial charge in [0, 0.05) is 18.0 Å². The molecule has 2 aromatic rings. The molecule has 7 heteroatoms. The van der Waals surface area contributed by atoms with Crippen LogP contribution in [0.25, 0.3) is 10.8 Å². The summed E-state index contributed by atoms with van der Waals surface area (Å²) >= 11 is 0. The lowest BCUT2D eigenvalue weighted by Crippen LogP contribution is -2.46. The lowest BCUT2D eigenvalue weighted by atomic mass is 10.1. The van der Waals surface area contributed by atoms with Crippen molar-refractivity contribution in [1.82, 2.24) is 20.4 Å². The van der Waals surface area contributed by atoms with Gasteiger partial charge in [0.1, 0.15) is 0 Å². The van der Waals surface area contributed by atoms with Gasteiger partial charge in [0.25, 0.3) is 11.5 Å². The second-order valence-corrected chi connectivity index (χ2v) is 6.25. The molecule has 24 heavy (non-hydrogen) atoms. The maximum absolute atomic E-state index is 12.7. The molecule has 0 saturated carbocycles. The molecule has 1 fully saturated rings. The van der Waals surface area contributed by atoms with Crippen molar-refractivity contribution in [3.8, 4) is 0 Å². The van der Waals surface area contributed by atoms with E-state index in [1.807, 2.05) is 19.9 Å². The lowest BCUT2D eigenvalue weighted by Gasteiger charge is -2.24. The molecule has 0 bridgehead atoms. The highest BCUT2D eigenvalue weighted by Gasteiger charge is 2.21. The topological polar surface area (TPSA) is 76.0 Å². The monoisotopic (exact) mass is 350 g/mol. The smallest absolute Gasteiger partial charge is 0.274 e. The van der Waals surface area contributed by atoms with Crippen LogP contribution in [0.4, 0.5) is 0 Å². The molecule has 3 rings (SSSR count). The van der Waals surface area contributed by atoms with Gasteiger partial charge in [0.15, 0.2) is 5.69 Å². The van der Waals surface area contributed by atoms with Gasteiger partial charge in [-0.2, -0.15) is 5.10 Å². The zero-order valence-electron chi connectivity index (χ0n) is 13.9. The number of hydrogen-bond donors (Lipinski definition) is 2. The van der Waals surface area contributed by atoms with Crippen molar-refractivity contribution < 1.29 is 4.79 Å². The van der Waals surface area contributed by atoms with Crippen LogP contribution in [0, 0.1) is 0 Å². The maximum atomic E-state index is 12.7. The van der Waals surface area contributed by atoms with Crippen molar-refractivity contribution in [2.45, 2.75) is 38.8 Å². The Morgan fingerprint density at radius 2 is 2.04 bits per heavy atom. The summed E-state index contributed by atoms with van der Waals surface area (Å²) < 4.78 is 1.39. The van der Waals surface area contributed by atoms with Gasteiger partial charge >= 0.3 is 0 Å². The third-order valence-electron chi connectivity index (χ3n) is 4.16. The normalized spacial score (nSPS) is 17.5. The fourth-order valence-corrected chi connectivity index (χ4v) is 2.95. The zero-order chi connectivity index (χ0) is 16.4. The van der Waals surface area contributed by atoms with Crippen molar-refractivity contribution in [3.63, 3.8) is 0 Å². The van der Waals surface area contributed by atoms with E-state index in [0.717, 1.165) is 25.9 Å². The maximum Gasteiger partial charge on any atom is 0.274 e. The zero-order valence-corrected chi connectivity index (χ0v) is 14.7. The number of carbonyl (C=O) groups is 1. The molecule has 1 atom stereocenters. The first-order valence-corrected chi connectivity index (χ1v) is 8.11. The molecule has 1 aliphatic heterocycles. The van der Waals surface area contributed by atoms with Crippen LogP contribution in [0.3, 0.4) is 0 Å². The summed E-state index contributed by atoms with van der Waals surface area (Å²) in [7, 11) is 0. The number of halogens is 1. The summed E-state index contributed by atoms with van der Waals surface area (Å²) in [6.07, 6.45) is 2.01. The van der Waals surface area contributed by atoms with Gasteiger partial charge in [-0.15, -0.1) is 12.4 Å². The van der Waals surface area contributed by atoms with Gasteiger partial charge in [-0.3, -0.25) is 9.59 Å². The number of benzene rings is 1. The van der Waals surface area contributed by atoms with Crippen LogP contribution >= 0.6 is 12.4 Å². The predicted octanol–water partition coefficient (Wildman–Crippen LogP) is 1.88. The second-order valence-electron chi connectivity index (χ2n) is 6.25. The van der Waals surface area contributed by atoms with Gasteiger partial charge in [-0.1, -0.05) is 18.2 Å². The molecule has 2 N–H and O–H groups in total. The molecular weight excluding hydrogens is 328 g/mol. The van der Waals surface area contributed by atoms with E-state index < -0.39 is 0 Å². The number of aromatic nitrogens is 2. The third-order valence-corrected chi connectivity index (χ3v) is 4.16. The molecule has 1 aliphatic rings. The van der Waals surface area contributed by atoms with Crippen LogP contribution < -0.4 is 16.2 Å². The Hall–Kier alpha value is -1.92. The Labute approximate surface area is 147 Å². The first-order chi connectivity index (χ1) is 11.1. The molecule has 0 radical (unpaired) electrons. The predicted molar refractivity (Wildman–Crippen MR) is 97.0 cm³/mol. The van der Waals surface area contributed by atoms with E-state index in [0.29, 0.717) is 16.5 Å². The first kappa shape index (κ1) is 18.4. The number of nitrogens with zero attached hydrogens (tertiary/aromatic N) is 2. The number of fused-ring (bicyclic) bond motifs is 1. The molecule has 2 heterocycles. The van der Waals surface area contributed by atoms with Gasteiger partial charge in [-0.25, -0.2) is 4.68 Å². The summed E-state index contributed by atoms with van der Waals surface area (Å²) in [5.41, 5.74) is 0.158. The summed E-state index contributed by atoms with van der Waals surface area (Å²) in [5.74, 6) is -0.218. The average molecular weight is 351 g/mol. The molecule has 130 valence electrons.